The summed E-state index contributed by atoms with van der Waals surface area (Å²) in [7, 11) is -1.98. The number of nitriles is 1. The van der Waals surface area contributed by atoms with E-state index in [9.17, 15) is 23.3 Å². The van der Waals surface area contributed by atoms with Crippen molar-refractivity contribution in [1.82, 2.24) is 4.72 Å². The van der Waals surface area contributed by atoms with Crippen LogP contribution in [-0.4, -0.2) is 40.4 Å². The van der Waals surface area contributed by atoms with Gasteiger partial charge >= 0.3 is 5.97 Å². The number of carbonyl (C=O) groups excluding carboxylic acids is 2. The highest BCUT2D eigenvalue weighted by molar-refractivity contribution is 8.03. The average molecular weight is 458 g/mol. The molecule has 0 atom stereocenters. The molecule has 160 valence electrons. The molecule has 10 heteroatoms. The molecule has 0 spiro atoms. The molecule has 0 unspecified atom stereocenters. The molecule has 0 radical (unpaired) electrons. The van der Waals surface area contributed by atoms with E-state index in [-0.39, 0.29) is 23.4 Å². The molecule has 2 aromatic rings. The first kappa shape index (κ1) is 22.6. The van der Waals surface area contributed by atoms with Crippen molar-refractivity contribution in [2.45, 2.75) is 16.2 Å². The van der Waals surface area contributed by atoms with E-state index in [0.717, 1.165) is 10.6 Å². The number of nitrogens with one attached hydrogen (secondary N) is 1. The van der Waals surface area contributed by atoms with Crippen LogP contribution in [-0.2, 0) is 24.3 Å². The van der Waals surface area contributed by atoms with Gasteiger partial charge in [-0.1, -0.05) is 42.1 Å². The van der Waals surface area contributed by atoms with Gasteiger partial charge in [0.2, 0.25) is 15.8 Å². The third kappa shape index (κ3) is 5.32. The Balaban J connectivity index is 1.53. The number of ketones is 1. The average Bonchev–Trinajstić information content (AvgIpc) is 3.10. The third-order valence-corrected chi connectivity index (χ3v) is 7.09. The van der Waals surface area contributed by atoms with Gasteiger partial charge in [0, 0.05) is 18.5 Å². The molecule has 0 bridgehead atoms. The lowest BCUT2D eigenvalue weighted by atomic mass is 10.2. The molecule has 3 rings (SSSR count). The van der Waals surface area contributed by atoms with Crippen molar-refractivity contribution in [3.8, 4) is 6.07 Å². The minimum atomic E-state index is -3.73. The zero-order valence-electron chi connectivity index (χ0n) is 16.6. The summed E-state index contributed by atoms with van der Waals surface area (Å²) in [6.07, 6.45) is -0.252. The number of fused-ring (bicyclic) bond motifs is 1. The van der Waals surface area contributed by atoms with Gasteiger partial charge in [-0.2, -0.15) is 5.26 Å². The first-order valence-electron chi connectivity index (χ1n) is 9.22. The number of hydrogen-bond donors (Lipinski definition) is 1. The first-order valence-corrected chi connectivity index (χ1v) is 11.5. The maximum Gasteiger partial charge on any atom is 0.307 e. The number of anilines is 1. The lowest BCUT2D eigenvalue weighted by molar-refractivity contribution is -0.146. The molecule has 1 heterocycles. The van der Waals surface area contributed by atoms with Gasteiger partial charge in [0.1, 0.15) is 16.7 Å². The predicted octanol–water partition coefficient (Wildman–Crippen LogP) is 2.44. The van der Waals surface area contributed by atoms with Crippen molar-refractivity contribution < 1.29 is 22.7 Å². The van der Waals surface area contributed by atoms with Crippen molar-refractivity contribution in [2.75, 3.05) is 25.1 Å². The molecule has 1 aliphatic heterocycles. The normalized spacial score (nSPS) is 14.5. The van der Waals surface area contributed by atoms with E-state index in [4.69, 9.17) is 4.74 Å². The SMILES string of the molecule is CN1/C(=C(/C#N)C(=O)COC(=O)CCNS(=O)(=O)c2ccccc2)Sc2ccccc21. The highest BCUT2D eigenvalue weighted by atomic mass is 32.2. The van der Waals surface area contributed by atoms with Crippen LogP contribution < -0.4 is 9.62 Å². The number of esters is 1. The van der Waals surface area contributed by atoms with Crippen LogP contribution in [0.4, 0.5) is 5.69 Å². The van der Waals surface area contributed by atoms with E-state index >= 15 is 0 Å². The number of rotatable bonds is 8. The smallest absolute Gasteiger partial charge is 0.307 e. The molecule has 2 aromatic carbocycles. The topological polar surface area (TPSA) is 117 Å². The summed E-state index contributed by atoms with van der Waals surface area (Å²) in [5.41, 5.74) is 0.784. The van der Waals surface area contributed by atoms with Crippen molar-refractivity contribution in [3.05, 3.63) is 65.2 Å². The van der Waals surface area contributed by atoms with Crippen LogP contribution >= 0.6 is 11.8 Å². The van der Waals surface area contributed by atoms with Crippen LogP contribution in [0.15, 0.2) is 75.0 Å². The molecule has 0 aromatic heterocycles. The Morgan fingerprint density at radius 3 is 2.48 bits per heavy atom. The fourth-order valence-corrected chi connectivity index (χ4v) is 5.03. The lowest BCUT2D eigenvalue weighted by Crippen LogP contribution is -2.27. The standard InChI is InChI=1S/C21H19N3O5S2/c1-24-17-9-5-6-10-19(17)30-21(24)16(13-22)18(25)14-29-20(26)11-12-23-31(27,28)15-7-3-2-4-8-15/h2-10,23H,11-12,14H2,1H3/b21-16+. The van der Waals surface area contributed by atoms with Gasteiger partial charge in [-0.05, 0) is 24.3 Å². The molecular weight excluding hydrogens is 438 g/mol. The summed E-state index contributed by atoms with van der Waals surface area (Å²) < 4.78 is 31.5. The van der Waals surface area contributed by atoms with Gasteiger partial charge in [0.25, 0.3) is 0 Å². The quantitative estimate of drug-likeness (QED) is 0.365. The largest absolute Gasteiger partial charge is 0.457 e. The van der Waals surface area contributed by atoms with Crippen molar-refractivity contribution in [2.24, 2.45) is 0 Å². The zero-order chi connectivity index (χ0) is 22.4. The van der Waals surface area contributed by atoms with Crippen LogP contribution in [0.5, 0.6) is 0 Å². The maximum absolute atomic E-state index is 12.5. The monoisotopic (exact) mass is 457 g/mol. The van der Waals surface area contributed by atoms with Crippen LogP contribution in [0.1, 0.15) is 6.42 Å². The highest BCUT2D eigenvalue weighted by Gasteiger charge is 2.28. The Labute approximate surface area is 184 Å². The molecule has 0 aliphatic carbocycles. The Morgan fingerprint density at radius 1 is 1.13 bits per heavy atom. The number of para-hydroxylation sites is 1. The molecule has 0 fully saturated rings. The van der Waals surface area contributed by atoms with Gasteiger partial charge in [-0.3, -0.25) is 9.59 Å². The van der Waals surface area contributed by atoms with Crippen LogP contribution in [0.2, 0.25) is 0 Å². The molecule has 1 aliphatic rings. The number of nitrogens with zero attached hydrogens (tertiary/aromatic N) is 2. The van der Waals surface area contributed by atoms with E-state index in [0.29, 0.717) is 5.03 Å². The van der Waals surface area contributed by atoms with Gasteiger partial charge in [-0.25, -0.2) is 13.1 Å². The number of carbonyl (C=O) groups is 2. The van der Waals surface area contributed by atoms with E-state index in [1.165, 1.54) is 23.9 Å². The second kappa shape index (κ2) is 9.78. The van der Waals surface area contributed by atoms with Crippen molar-refractivity contribution in [3.63, 3.8) is 0 Å². The molecule has 8 nitrogen and oxygen atoms in total. The Hall–Kier alpha value is -3.13. The Bertz CT molecular complexity index is 1170. The van der Waals surface area contributed by atoms with Crippen molar-refractivity contribution >= 4 is 39.2 Å². The minimum Gasteiger partial charge on any atom is -0.457 e. The summed E-state index contributed by atoms with van der Waals surface area (Å²) in [5.74, 6) is -1.37. The number of sulfonamides is 1. The molecule has 31 heavy (non-hydrogen) atoms. The van der Waals surface area contributed by atoms with E-state index in [1.54, 1.807) is 30.1 Å². The fraction of sp³-hybridized carbons (Fsp3) is 0.190. The second-order valence-electron chi connectivity index (χ2n) is 6.47. The second-order valence-corrected chi connectivity index (χ2v) is 9.26. The summed E-state index contributed by atoms with van der Waals surface area (Å²) in [6.45, 7) is -0.772. The maximum atomic E-state index is 12.5. The number of thioether (sulfide) groups is 1. The van der Waals surface area contributed by atoms with E-state index < -0.39 is 28.4 Å². The molecule has 0 saturated heterocycles. The Kier molecular flexibility index (Phi) is 7.12. The highest BCUT2D eigenvalue weighted by Crippen LogP contribution is 2.46. The number of Topliss-reactive ketones (excluding diaryl/α,β-unsaturated/α-hetero) is 1. The number of hydrogen-bond acceptors (Lipinski definition) is 8. The van der Waals surface area contributed by atoms with Crippen molar-refractivity contribution in [1.29, 1.82) is 5.26 Å². The van der Waals surface area contributed by atoms with Gasteiger partial charge in [0.15, 0.2) is 6.61 Å². The number of ether oxygens (including phenoxy) is 1. The van der Waals surface area contributed by atoms with Crippen LogP contribution in [0.25, 0.3) is 0 Å². The summed E-state index contributed by atoms with van der Waals surface area (Å²) in [5, 5.41) is 9.94. The summed E-state index contributed by atoms with van der Waals surface area (Å²) in [6, 6.07) is 17.1. The summed E-state index contributed by atoms with van der Waals surface area (Å²) >= 11 is 1.30. The van der Waals surface area contributed by atoms with E-state index in [1.807, 2.05) is 30.3 Å². The third-order valence-electron chi connectivity index (χ3n) is 4.38. The summed E-state index contributed by atoms with van der Waals surface area (Å²) in [4.78, 5) is 27.1. The molecule has 0 amide bonds. The van der Waals surface area contributed by atoms with Gasteiger partial charge in [-0.15, -0.1) is 0 Å². The van der Waals surface area contributed by atoms with Gasteiger partial charge in [0.05, 0.1) is 17.0 Å². The van der Waals surface area contributed by atoms with Crippen LogP contribution in [0.3, 0.4) is 0 Å². The molecule has 0 saturated carbocycles. The molecular formula is C21H19N3O5S2. The first-order chi connectivity index (χ1) is 14.8. The minimum absolute atomic E-state index is 0.0861. The predicted molar refractivity (Wildman–Crippen MR) is 116 cm³/mol. The fourth-order valence-electron chi connectivity index (χ4n) is 2.81. The van der Waals surface area contributed by atoms with Crippen LogP contribution in [0, 0.1) is 11.3 Å². The Morgan fingerprint density at radius 2 is 1.81 bits per heavy atom. The van der Waals surface area contributed by atoms with E-state index in [2.05, 4.69) is 4.72 Å². The molecule has 1 N–H and O–H groups in total. The lowest BCUT2D eigenvalue weighted by Gasteiger charge is -2.14. The zero-order valence-corrected chi connectivity index (χ0v) is 18.2. The number of benzene rings is 2. The van der Waals surface area contributed by atoms with Gasteiger partial charge < -0.3 is 9.64 Å².